The van der Waals surface area contributed by atoms with Gasteiger partial charge in [-0.1, -0.05) is 24.9 Å². The maximum atomic E-state index is 12.5. The molecule has 0 unspecified atom stereocenters. The van der Waals surface area contributed by atoms with Crippen LogP contribution in [0.2, 0.25) is 5.02 Å². The Hall–Kier alpha value is -3.06. The monoisotopic (exact) mass is 458 g/mol. The van der Waals surface area contributed by atoms with Crippen molar-refractivity contribution in [2.45, 2.75) is 51.2 Å². The zero-order valence-corrected chi connectivity index (χ0v) is 18.4. The Kier molecular flexibility index (Phi) is 6.37. The first-order chi connectivity index (χ1) is 15.4. The van der Waals surface area contributed by atoms with Crippen LogP contribution in [-0.4, -0.2) is 30.3 Å². The molecule has 0 atom stereocenters. The number of carbonyl (C=O) groups is 3. The average molecular weight is 459 g/mol. The Labute approximate surface area is 190 Å². The second kappa shape index (κ2) is 9.20. The largest absolute Gasteiger partial charge is 0.462 e. The van der Waals surface area contributed by atoms with Crippen LogP contribution in [0.15, 0.2) is 40.3 Å². The molecule has 0 bridgehead atoms. The molecule has 2 heterocycles. The SMILES string of the molecule is CCCOC(=O)c1cc(-c2ccc(C=C3C(=O)OC4(CCCCC4)OC3=O)o2)ccc1Cl. The van der Waals surface area contributed by atoms with Crippen LogP contribution in [0, 0.1) is 0 Å². The summed E-state index contributed by atoms with van der Waals surface area (Å²) in [6, 6.07) is 8.13. The fraction of sp³-hybridized carbons (Fsp3) is 0.375. The summed E-state index contributed by atoms with van der Waals surface area (Å²) in [7, 11) is 0. The van der Waals surface area contributed by atoms with Gasteiger partial charge in [-0.25, -0.2) is 14.4 Å². The molecule has 1 aromatic carbocycles. The second-order valence-corrected chi connectivity index (χ2v) is 8.25. The minimum atomic E-state index is -1.13. The molecule has 1 aliphatic heterocycles. The summed E-state index contributed by atoms with van der Waals surface area (Å²) in [6.45, 7) is 2.20. The Bertz CT molecular complexity index is 1050. The summed E-state index contributed by atoms with van der Waals surface area (Å²) in [6.07, 6.45) is 5.75. The van der Waals surface area contributed by atoms with Gasteiger partial charge in [-0.15, -0.1) is 0 Å². The van der Waals surface area contributed by atoms with Crippen LogP contribution in [0.5, 0.6) is 0 Å². The molecule has 168 valence electrons. The van der Waals surface area contributed by atoms with E-state index >= 15 is 0 Å². The van der Waals surface area contributed by atoms with E-state index in [1.807, 2.05) is 6.92 Å². The van der Waals surface area contributed by atoms with E-state index in [0.717, 1.165) is 19.3 Å². The van der Waals surface area contributed by atoms with Gasteiger partial charge in [0.05, 0.1) is 17.2 Å². The highest BCUT2D eigenvalue weighted by Crippen LogP contribution is 2.37. The van der Waals surface area contributed by atoms with E-state index in [0.29, 0.717) is 37.2 Å². The third-order valence-electron chi connectivity index (χ3n) is 5.43. The maximum Gasteiger partial charge on any atom is 0.349 e. The molecule has 1 aromatic heterocycles. The number of furan rings is 1. The minimum absolute atomic E-state index is 0.220. The number of hydrogen-bond acceptors (Lipinski definition) is 7. The number of carbonyl (C=O) groups excluding carboxylic acids is 3. The molecule has 2 aliphatic rings. The van der Waals surface area contributed by atoms with Gasteiger partial charge in [0.1, 0.15) is 17.1 Å². The molecule has 1 saturated heterocycles. The van der Waals surface area contributed by atoms with Crippen LogP contribution in [0.25, 0.3) is 17.4 Å². The molecule has 2 aromatic rings. The van der Waals surface area contributed by atoms with Crippen molar-refractivity contribution < 1.29 is 33.0 Å². The van der Waals surface area contributed by atoms with Gasteiger partial charge in [-0.3, -0.25) is 0 Å². The highest BCUT2D eigenvalue weighted by atomic mass is 35.5. The first-order valence-electron chi connectivity index (χ1n) is 10.7. The van der Waals surface area contributed by atoms with Crippen LogP contribution < -0.4 is 0 Å². The van der Waals surface area contributed by atoms with Crippen LogP contribution in [0.4, 0.5) is 0 Å². The molecular weight excluding hydrogens is 436 g/mol. The number of halogens is 1. The van der Waals surface area contributed by atoms with Crippen LogP contribution >= 0.6 is 11.6 Å². The third kappa shape index (κ3) is 4.58. The molecule has 1 saturated carbocycles. The topological polar surface area (TPSA) is 92.0 Å². The first kappa shape index (κ1) is 22.1. The molecule has 2 fully saturated rings. The van der Waals surface area contributed by atoms with Crippen molar-refractivity contribution in [3.05, 3.63) is 52.3 Å². The second-order valence-electron chi connectivity index (χ2n) is 7.84. The van der Waals surface area contributed by atoms with Gasteiger partial charge in [0.25, 0.3) is 5.79 Å². The van der Waals surface area contributed by atoms with E-state index < -0.39 is 23.7 Å². The highest BCUT2D eigenvalue weighted by molar-refractivity contribution is 6.33. The lowest BCUT2D eigenvalue weighted by Crippen LogP contribution is -2.47. The van der Waals surface area contributed by atoms with Crippen molar-refractivity contribution >= 4 is 35.6 Å². The standard InChI is InChI=1S/C24H23ClO7/c1-2-12-29-21(26)17-13-15(6-8-19(17)25)20-9-7-16(30-20)14-18-22(27)31-24(32-23(18)28)10-4-3-5-11-24/h6-9,13-14H,2-5,10-12H2,1H3. The van der Waals surface area contributed by atoms with E-state index in [2.05, 4.69) is 0 Å². The molecule has 1 aliphatic carbocycles. The fourth-order valence-corrected chi connectivity index (χ4v) is 3.99. The molecule has 4 rings (SSSR count). The lowest BCUT2D eigenvalue weighted by molar-refractivity contribution is -0.244. The average Bonchev–Trinajstić information content (AvgIpc) is 3.24. The molecule has 1 spiro atoms. The number of ether oxygens (including phenoxy) is 3. The van der Waals surface area contributed by atoms with Gasteiger partial charge in [0.15, 0.2) is 0 Å². The lowest BCUT2D eigenvalue weighted by atomic mass is 9.93. The molecule has 0 amide bonds. The van der Waals surface area contributed by atoms with Gasteiger partial charge in [0.2, 0.25) is 0 Å². The summed E-state index contributed by atoms with van der Waals surface area (Å²) >= 11 is 6.14. The van der Waals surface area contributed by atoms with Gasteiger partial charge in [-0.2, -0.15) is 0 Å². The summed E-state index contributed by atoms with van der Waals surface area (Å²) in [5.74, 6) is -2.38. The Morgan fingerprint density at radius 2 is 1.81 bits per heavy atom. The Balaban J connectivity index is 1.54. The summed E-state index contributed by atoms with van der Waals surface area (Å²) in [5.41, 5.74) is 0.602. The maximum absolute atomic E-state index is 12.5. The van der Waals surface area contributed by atoms with E-state index in [1.54, 1.807) is 30.3 Å². The summed E-state index contributed by atoms with van der Waals surface area (Å²) in [4.78, 5) is 37.2. The quantitative estimate of drug-likeness (QED) is 0.340. The van der Waals surface area contributed by atoms with E-state index in [-0.39, 0.29) is 21.9 Å². The van der Waals surface area contributed by atoms with Gasteiger partial charge in [0, 0.05) is 24.5 Å². The fourth-order valence-electron chi connectivity index (χ4n) is 3.80. The normalized spacial score (nSPS) is 17.6. The van der Waals surface area contributed by atoms with Crippen molar-refractivity contribution in [3.63, 3.8) is 0 Å². The van der Waals surface area contributed by atoms with Crippen molar-refractivity contribution in [2.24, 2.45) is 0 Å². The molecular formula is C24H23ClO7. The van der Waals surface area contributed by atoms with Gasteiger partial charge in [-0.05, 0) is 49.6 Å². The Morgan fingerprint density at radius 3 is 2.50 bits per heavy atom. The predicted octanol–water partition coefficient (Wildman–Crippen LogP) is 5.31. The first-order valence-corrected chi connectivity index (χ1v) is 11.0. The van der Waals surface area contributed by atoms with Crippen molar-refractivity contribution in [1.29, 1.82) is 0 Å². The summed E-state index contributed by atoms with van der Waals surface area (Å²) in [5, 5.41) is 0.271. The smallest absolute Gasteiger partial charge is 0.349 e. The zero-order valence-electron chi connectivity index (χ0n) is 17.6. The molecule has 7 nitrogen and oxygen atoms in total. The van der Waals surface area contributed by atoms with Crippen LogP contribution in [0.1, 0.15) is 61.6 Å². The van der Waals surface area contributed by atoms with E-state index in [1.165, 1.54) is 6.08 Å². The zero-order chi connectivity index (χ0) is 22.7. The number of esters is 3. The molecule has 8 heteroatoms. The number of rotatable bonds is 5. The lowest BCUT2D eigenvalue weighted by Gasteiger charge is -2.38. The predicted molar refractivity (Wildman–Crippen MR) is 116 cm³/mol. The number of benzene rings is 1. The molecule has 32 heavy (non-hydrogen) atoms. The Morgan fingerprint density at radius 1 is 1.09 bits per heavy atom. The summed E-state index contributed by atoms with van der Waals surface area (Å²) < 4.78 is 21.9. The molecule has 0 radical (unpaired) electrons. The van der Waals surface area contributed by atoms with E-state index in [9.17, 15) is 14.4 Å². The highest BCUT2D eigenvalue weighted by Gasteiger charge is 2.46. The van der Waals surface area contributed by atoms with Gasteiger partial charge < -0.3 is 18.6 Å². The minimum Gasteiger partial charge on any atom is -0.462 e. The van der Waals surface area contributed by atoms with Crippen molar-refractivity contribution in [1.82, 2.24) is 0 Å². The van der Waals surface area contributed by atoms with E-state index in [4.69, 9.17) is 30.2 Å². The van der Waals surface area contributed by atoms with Crippen LogP contribution in [-0.2, 0) is 23.8 Å². The van der Waals surface area contributed by atoms with Crippen molar-refractivity contribution in [2.75, 3.05) is 6.61 Å². The number of hydrogen-bond donors (Lipinski definition) is 0. The van der Waals surface area contributed by atoms with Crippen LogP contribution in [0.3, 0.4) is 0 Å². The third-order valence-corrected chi connectivity index (χ3v) is 5.76. The van der Waals surface area contributed by atoms with Gasteiger partial charge >= 0.3 is 17.9 Å². The van der Waals surface area contributed by atoms with Crippen molar-refractivity contribution in [3.8, 4) is 11.3 Å². The molecule has 0 N–H and O–H groups in total.